The topological polar surface area (TPSA) is 44.5 Å². The summed E-state index contributed by atoms with van der Waals surface area (Å²) in [4.78, 5) is 0. The van der Waals surface area contributed by atoms with Crippen LogP contribution in [0.15, 0.2) is 18.2 Å². The zero-order chi connectivity index (χ0) is 11.8. The maximum atomic E-state index is 5.52. The molecule has 0 fully saturated rings. The van der Waals surface area contributed by atoms with E-state index < -0.39 is 0 Å². The highest BCUT2D eigenvalue weighted by Gasteiger charge is 2.04. The molecular formula is C13H17NO2. The second-order valence-electron chi connectivity index (χ2n) is 3.24. The molecule has 1 aromatic rings. The Kier molecular flexibility index (Phi) is 5.24. The molecule has 1 rings (SSSR count). The smallest absolute Gasteiger partial charge is 0.162 e. The lowest BCUT2D eigenvalue weighted by atomic mass is 10.1. The van der Waals surface area contributed by atoms with Gasteiger partial charge in [-0.1, -0.05) is 12.0 Å². The standard InChI is InChI=1S/C13H17NO2/c1-3-4-9-16-13-10-11(7-8-14)5-6-12(13)15-2/h5-6,10H,7-9,14H2,1-2H3. The Bertz CT molecular complexity index is 391. The van der Waals surface area contributed by atoms with Gasteiger partial charge in [0, 0.05) is 0 Å². The Hall–Kier alpha value is -1.66. The third-order valence-electron chi connectivity index (χ3n) is 2.14. The van der Waals surface area contributed by atoms with E-state index in [4.69, 9.17) is 15.2 Å². The fourth-order valence-corrected chi connectivity index (χ4v) is 1.34. The first-order chi connectivity index (χ1) is 7.81. The third kappa shape index (κ3) is 3.48. The molecule has 0 bridgehead atoms. The van der Waals surface area contributed by atoms with Crippen LogP contribution in [0.2, 0.25) is 0 Å². The van der Waals surface area contributed by atoms with Crippen molar-refractivity contribution in [1.82, 2.24) is 0 Å². The molecule has 86 valence electrons. The van der Waals surface area contributed by atoms with Crippen LogP contribution in [0, 0.1) is 11.8 Å². The molecule has 0 radical (unpaired) electrons. The highest BCUT2D eigenvalue weighted by molar-refractivity contribution is 5.43. The van der Waals surface area contributed by atoms with E-state index in [1.165, 1.54) is 0 Å². The number of ether oxygens (including phenoxy) is 2. The van der Waals surface area contributed by atoms with Gasteiger partial charge in [0.2, 0.25) is 0 Å². The van der Waals surface area contributed by atoms with Gasteiger partial charge >= 0.3 is 0 Å². The summed E-state index contributed by atoms with van der Waals surface area (Å²) in [5.74, 6) is 7.07. The largest absolute Gasteiger partial charge is 0.493 e. The summed E-state index contributed by atoms with van der Waals surface area (Å²) in [6, 6.07) is 5.83. The van der Waals surface area contributed by atoms with Gasteiger partial charge in [-0.25, -0.2) is 0 Å². The maximum absolute atomic E-state index is 5.52. The summed E-state index contributed by atoms with van der Waals surface area (Å²) in [5.41, 5.74) is 6.65. The summed E-state index contributed by atoms with van der Waals surface area (Å²) < 4.78 is 10.7. The van der Waals surface area contributed by atoms with Crippen LogP contribution < -0.4 is 15.2 Å². The highest BCUT2D eigenvalue weighted by Crippen LogP contribution is 2.27. The normalized spacial score (nSPS) is 9.19. The number of methoxy groups -OCH3 is 1. The maximum Gasteiger partial charge on any atom is 0.162 e. The van der Waals surface area contributed by atoms with Crippen molar-refractivity contribution in [1.29, 1.82) is 0 Å². The molecular weight excluding hydrogens is 202 g/mol. The average molecular weight is 219 g/mol. The Balaban J connectivity index is 2.82. The van der Waals surface area contributed by atoms with E-state index in [0.29, 0.717) is 13.2 Å². The summed E-state index contributed by atoms with van der Waals surface area (Å²) >= 11 is 0. The Morgan fingerprint density at radius 3 is 2.75 bits per heavy atom. The molecule has 16 heavy (non-hydrogen) atoms. The van der Waals surface area contributed by atoms with Gasteiger partial charge in [-0.3, -0.25) is 0 Å². The van der Waals surface area contributed by atoms with Gasteiger partial charge < -0.3 is 15.2 Å². The molecule has 1 aromatic carbocycles. The first-order valence-electron chi connectivity index (χ1n) is 5.21. The predicted octanol–water partition coefficient (Wildman–Crippen LogP) is 1.60. The SMILES string of the molecule is CC#CCOc1cc(CCN)ccc1OC. The van der Waals surface area contributed by atoms with Gasteiger partial charge in [0.15, 0.2) is 11.5 Å². The summed E-state index contributed by atoms with van der Waals surface area (Å²) in [6.07, 6.45) is 0.833. The molecule has 0 amide bonds. The van der Waals surface area contributed by atoms with E-state index in [-0.39, 0.29) is 0 Å². The van der Waals surface area contributed by atoms with Crippen LogP contribution in [0.4, 0.5) is 0 Å². The third-order valence-corrected chi connectivity index (χ3v) is 2.14. The molecule has 0 heterocycles. The second-order valence-corrected chi connectivity index (χ2v) is 3.24. The van der Waals surface area contributed by atoms with Gasteiger partial charge in [0.1, 0.15) is 6.61 Å². The van der Waals surface area contributed by atoms with E-state index in [2.05, 4.69) is 11.8 Å². The molecule has 0 saturated heterocycles. The van der Waals surface area contributed by atoms with E-state index in [1.807, 2.05) is 18.2 Å². The van der Waals surface area contributed by atoms with Crippen LogP contribution >= 0.6 is 0 Å². The summed E-state index contributed by atoms with van der Waals surface area (Å²) in [6.45, 7) is 2.78. The lowest BCUT2D eigenvalue weighted by Gasteiger charge is -2.10. The number of rotatable bonds is 5. The van der Waals surface area contributed by atoms with Gasteiger partial charge in [-0.2, -0.15) is 0 Å². The molecule has 0 spiro atoms. The Morgan fingerprint density at radius 1 is 1.31 bits per heavy atom. The van der Waals surface area contributed by atoms with E-state index in [1.54, 1.807) is 14.0 Å². The highest BCUT2D eigenvalue weighted by atomic mass is 16.5. The fourth-order valence-electron chi connectivity index (χ4n) is 1.34. The van der Waals surface area contributed by atoms with Crippen LogP contribution in [0.1, 0.15) is 12.5 Å². The zero-order valence-electron chi connectivity index (χ0n) is 9.75. The van der Waals surface area contributed by atoms with Crippen LogP contribution in [0.5, 0.6) is 11.5 Å². The van der Waals surface area contributed by atoms with Crippen LogP contribution in [-0.4, -0.2) is 20.3 Å². The fraction of sp³-hybridized carbons (Fsp3) is 0.385. The molecule has 0 atom stereocenters. The van der Waals surface area contributed by atoms with Gasteiger partial charge in [0.05, 0.1) is 7.11 Å². The lowest BCUT2D eigenvalue weighted by Crippen LogP contribution is -2.04. The first kappa shape index (κ1) is 12.4. The monoisotopic (exact) mass is 219 g/mol. The lowest BCUT2D eigenvalue weighted by molar-refractivity contribution is 0.330. The predicted molar refractivity (Wildman–Crippen MR) is 64.7 cm³/mol. The summed E-state index contributed by atoms with van der Waals surface area (Å²) in [5, 5.41) is 0. The molecule has 0 unspecified atom stereocenters. The average Bonchev–Trinajstić information content (AvgIpc) is 2.30. The van der Waals surface area contributed by atoms with Gasteiger partial charge in [-0.05, 0) is 37.6 Å². The zero-order valence-corrected chi connectivity index (χ0v) is 9.75. The van der Waals surface area contributed by atoms with Crippen LogP contribution in [0.25, 0.3) is 0 Å². The number of hydrogen-bond donors (Lipinski definition) is 1. The van der Waals surface area contributed by atoms with Crippen molar-refractivity contribution >= 4 is 0 Å². The molecule has 0 saturated carbocycles. The van der Waals surface area contributed by atoms with E-state index in [0.717, 1.165) is 23.5 Å². The Labute approximate surface area is 96.6 Å². The van der Waals surface area contributed by atoms with Crippen molar-refractivity contribution in [3.8, 4) is 23.3 Å². The second kappa shape index (κ2) is 6.76. The molecule has 0 aliphatic rings. The molecule has 0 aromatic heterocycles. The van der Waals surface area contributed by atoms with Crippen LogP contribution in [0.3, 0.4) is 0 Å². The van der Waals surface area contributed by atoms with Gasteiger partial charge in [-0.15, -0.1) is 5.92 Å². The van der Waals surface area contributed by atoms with Crippen LogP contribution in [-0.2, 0) is 6.42 Å². The van der Waals surface area contributed by atoms with Crippen molar-refractivity contribution < 1.29 is 9.47 Å². The van der Waals surface area contributed by atoms with Crippen molar-refractivity contribution in [3.63, 3.8) is 0 Å². The number of hydrogen-bond acceptors (Lipinski definition) is 3. The Morgan fingerprint density at radius 2 is 2.12 bits per heavy atom. The molecule has 3 nitrogen and oxygen atoms in total. The number of benzene rings is 1. The van der Waals surface area contributed by atoms with Crippen molar-refractivity contribution in [3.05, 3.63) is 23.8 Å². The van der Waals surface area contributed by atoms with Crippen molar-refractivity contribution in [2.45, 2.75) is 13.3 Å². The van der Waals surface area contributed by atoms with Crippen molar-refractivity contribution in [2.24, 2.45) is 5.73 Å². The van der Waals surface area contributed by atoms with E-state index in [9.17, 15) is 0 Å². The minimum Gasteiger partial charge on any atom is -0.493 e. The molecule has 3 heteroatoms. The van der Waals surface area contributed by atoms with Gasteiger partial charge in [0.25, 0.3) is 0 Å². The van der Waals surface area contributed by atoms with E-state index >= 15 is 0 Å². The van der Waals surface area contributed by atoms with Crippen molar-refractivity contribution in [2.75, 3.05) is 20.3 Å². The molecule has 0 aliphatic heterocycles. The summed E-state index contributed by atoms with van der Waals surface area (Å²) in [7, 11) is 1.62. The molecule has 0 aliphatic carbocycles. The minimum absolute atomic E-state index is 0.374. The minimum atomic E-state index is 0.374. The molecule has 2 N–H and O–H groups in total. The number of nitrogens with two attached hydrogens (primary N) is 1. The quantitative estimate of drug-likeness (QED) is 0.765. The first-order valence-corrected chi connectivity index (χ1v) is 5.21.